The predicted octanol–water partition coefficient (Wildman–Crippen LogP) is 2.29. The molecule has 1 rings (SSSR count). The summed E-state index contributed by atoms with van der Waals surface area (Å²) in [5.41, 5.74) is 3.42. The third-order valence-electron chi connectivity index (χ3n) is 2.54. The number of aryl methyl sites for hydroxylation is 3. The van der Waals surface area contributed by atoms with E-state index in [0.29, 0.717) is 5.56 Å². The molecule has 0 aliphatic rings. The van der Waals surface area contributed by atoms with Gasteiger partial charge in [0, 0.05) is 12.0 Å². The van der Waals surface area contributed by atoms with Gasteiger partial charge < -0.3 is 9.79 Å². The minimum absolute atomic E-state index is 0.0458. The van der Waals surface area contributed by atoms with Crippen molar-refractivity contribution in [1.29, 1.82) is 0 Å². The minimum Gasteiger partial charge on any atom is -0.303 e. The lowest BCUT2D eigenvalue weighted by Gasteiger charge is -2.10. The normalized spacial score (nSPS) is 11.6. The standard InChI is InChI=1S/C12H17O5P/c1-8-6-9(2)12(10(3)7-8)11(13)4-5-17-18(14,15)16/h6-7H,4-5H2,1-3H3,(H2,14,15,16). The van der Waals surface area contributed by atoms with Crippen molar-refractivity contribution >= 4 is 13.6 Å². The summed E-state index contributed by atoms with van der Waals surface area (Å²) in [6.45, 7) is 5.36. The molecular weight excluding hydrogens is 255 g/mol. The number of benzene rings is 1. The summed E-state index contributed by atoms with van der Waals surface area (Å²) in [5, 5.41) is 0. The summed E-state index contributed by atoms with van der Waals surface area (Å²) in [7, 11) is -4.50. The molecule has 0 atom stereocenters. The van der Waals surface area contributed by atoms with Gasteiger partial charge in [-0.3, -0.25) is 9.32 Å². The molecule has 0 radical (unpaired) electrons. The molecule has 0 unspecified atom stereocenters. The molecule has 0 bridgehead atoms. The molecule has 0 saturated heterocycles. The van der Waals surface area contributed by atoms with Gasteiger partial charge in [0.15, 0.2) is 5.78 Å². The van der Waals surface area contributed by atoms with E-state index >= 15 is 0 Å². The Morgan fingerprint density at radius 3 is 2.17 bits per heavy atom. The Kier molecular flexibility index (Phi) is 4.82. The molecule has 100 valence electrons. The van der Waals surface area contributed by atoms with Gasteiger partial charge in [-0.1, -0.05) is 17.7 Å². The zero-order valence-electron chi connectivity index (χ0n) is 10.6. The van der Waals surface area contributed by atoms with Crippen molar-refractivity contribution in [2.24, 2.45) is 0 Å². The van der Waals surface area contributed by atoms with E-state index in [1.54, 1.807) is 0 Å². The van der Waals surface area contributed by atoms with Crippen LogP contribution in [0.2, 0.25) is 0 Å². The fraction of sp³-hybridized carbons (Fsp3) is 0.417. The van der Waals surface area contributed by atoms with Crippen molar-refractivity contribution in [2.45, 2.75) is 27.2 Å². The number of phosphoric ester groups is 1. The summed E-state index contributed by atoms with van der Waals surface area (Å²) in [6.07, 6.45) is -0.0458. The van der Waals surface area contributed by atoms with E-state index in [1.807, 2.05) is 32.9 Å². The first-order chi connectivity index (χ1) is 8.20. The fourth-order valence-electron chi connectivity index (χ4n) is 2.00. The van der Waals surface area contributed by atoms with Crippen LogP contribution >= 0.6 is 7.82 Å². The number of carbonyl (C=O) groups excluding carboxylic acids is 1. The van der Waals surface area contributed by atoms with Crippen LogP contribution in [0.3, 0.4) is 0 Å². The Morgan fingerprint density at radius 1 is 1.22 bits per heavy atom. The third-order valence-corrected chi connectivity index (χ3v) is 3.06. The van der Waals surface area contributed by atoms with Crippen LogP contribution in [-0.4, -0.2) is 22.2 Å². The molecule has 1 aromatic rings. The van der Waals surface area contributed by atoms with E-state index in [1.165, 1.54) is 0 Å². The number of carbonyl (C=O) groups is 1. The third kappa shape index (κ3) is 4.35. The van der Waals surface area contributed by atoms with Gasteiger partial charge in [-0.15, -0.1) is 0 Å². The second-order valence-electron chi connectivity index (χ2n) is 4.27. The molecule has 0 spiro atoms. The molecular formula is C12H17O5P. The lowest BCUT2D eigenvalue weighted by atomic mass is 9.95. The number of rotatable bonds is 5. The first kappa shape index (κ1) is 15.1. The highest BCUT2D eigenvalue weighted by Crippen LogP contribution is 2.35. The van der Waals surface area contributed by atoms with Gasteiger partial charge in [-0.05, 0) is 31.9 Å². The molecule has 1 aromatic carbocycles. The van der Waals surface area contributed by atoms with Crippen LogP contribution in [0.4, 0.5) is 0 Å². The van der Waals surface area contributed by atoms with Gasteiger partial charge in [0.05, 0.1) is 6.61 Å². The summed E-state index contributed by atoms with van der Waals surface area (Å²) >= 11 is 0. The lowest BCUT2D eigenvalue weighted by Crippen LogP contribution is -2.08. The van der Waals surface area contributed by atoms with E-state index in [2.05, 4.69) is 4.52 Å². The van der Waals surface area contributed by atoms with E-state index in [9.17, 15) is 9.36 Å². The first-order valence-corrected chi connectivity index (χ1v) is 7.05. The molecule has 0 aromatic heterocycles. The maximum absolute atomic E-state index is 12.0. The molecule has 18 heavy (non-hydrogen) atoms. The van der Waals surface area contributed by atoms with Crippen LogP contribution in [0.5, 0.6) is 0 Å². The molecule has 0 saturated carbocycles. The number of phosphoric acid groups is 1. The van der Waals surface area contributed by atoms with Gasteiger partial charge in [0.2, 0.25) is 0 Å². The molecule has 2 N–H and O–H groups in total. The van der Waals surface area contributed by atoms with Crippen molar-refractivity contribution in [3.8, 4) is 0 Å². The Hall–Kier alpha value is -1.00. The number of hydrogen-bond donors (Lipinski definition) is 2. The van der Waals surface area contributed by atoms with Crippen LogP contribution in [0.25, 0.3) is 0 Å². The maximum Gasteiger partial charge on any atom is 0.469 e. The molecule has 0 aliphatic heterocycles. The quantitative estimate of drug-likeness (QED) is 0.634. The van der Waals surface area contributed by atoms with Crippen molar-refractivity contribution < 1.29 is 23.7 Å². The van der Waals surface area contributed by atoms with Crippen LogP contribution < -0.4 is 0 Å². The van der Waals surface area contributed by atoms with E-state index in [4.69, 9.17) is 9.79 Å². The van der Waals surface area contributed by atoms with E-state index < -0.39 is 7.82 Å². The highest BCUT2D eigenvalue weighted by Gasteiger charge is 2.17. The van der Waals surface area contributed by atoms with E-state index in [0.717, 1.165) is 16.7 Å². The van der Waals surface area contributed by atoms with Crippen LogP contribution in [0, 0.1) is 20.8 Å². The summed E-state index contributed by atoms with van der Waals surface area (Å²) in [5.74, 6) is -0.168. The molecule has 0 aliphatic carbocycles. The number of Topliss-reactive ketones (excluding diaryl/α,β-unsaturated/α-hetero) is 1. The van der Waals surface area contributed by atoms with Crippen molar-refractivity contribution in [3.63, 3.8) is 0 Å². The molecule has 0 heterocycles. The molecule has 6 heteroatoms. The SMILES string of the molecule is Cc1cc(C)c(C(=O)CCOP(=O)(O)O)c(C)c1. The second-order valence-corrected chi connectivity index (χ2v) is 5.51. The van der Waals surface area contributed by atoms with Gasteiger partial charge >= 0.3 is 7.82 Å². The monoisotopic (exact) mass is 272 g/mol. The maximum atomic E-state index is 12.0. The van der Waals surface area contributed by atoms with Gasteiger partial charge in [0.1, 0.15) is 0 Å². The number of ketones is 1. The number of hydrogen-bond acceptors (Lipinski definition) is 3. The summed E-state index contributed by atoms with van der Waals surface area (Å²) in [6, 6.07) is 3.81. The smallest absolute Gasteiger partial charge is 0.303 e. The predicted molar refractivity (Wildman–Crippen MR) is 67.6 cm³/mol. The minimum atomic E-state index is -4.50. The zero-order chi connectivity index (χ0) is 13.9. The largest absolute Gasteiger partial charge is 0.469 e. The Balaban J connectivity index is 2.77. The Morgan fingerprint density at radius 2 is 1.72 bits per heavy atom. The average molecular weight is 272 g/mol. The summed E-state index contributed by atoms with van der Waals surface area (Å²) in [4.78, 5) is 29.0. The fourth-order valence-corrected chi connectivity index (χ4v) is 2.33. The highest BCUT2D eigenvalue weighted by molar-refractivity contribution is 7.46. The average Bonchev–Trinajstić information content (AvgIpc) is 2.13. The Labute approximate surface area is 106 Å². The van der Waals surface area contributed by atoms with Gasteiger partial charge in [0.25, 0.3) is 0 Å². The van der Waals surface area contributed by atoms with Gasteiger partial charge in [-0.2, -0.15) is 0 Å². The van der Waals surface area contributed by atoms with Crippen molar-refractivity contribution in [2.75, 3.05) is 6.61 Å². The van der Waals surface area contributed by atoms with Crippen LogP contribution in [0.1, 0.15) is 33.5 Å². The van der Waals surface area contributed by atoms with Crippen molar-refractivity contribution in [3.05, 3.63) is 34.4 Å². The highest BCUT2D eigenvalue weighted by atomic mass is 31.2. The first-order valence-electron chi connectivity index (χ1n) is 5.52. The molecule has 5 nitrogen and oxygen atoms in total. The van der Waals surface area contributed by atoms with E-state index in [-0.39, 0.29) is 18.8 Å². The summed E-state index contributed by atoms with van der Waals surface area (Å²) < 4.78 is 14.8. The second kappa shape index (κ2) is 5.76. The lowest BCUT2D eigenvalue weighted by molar-refractivity contribution is 0.0951. The topological polar surface area (TPSA) is 83.8 Å². The van der Waals surface area contributed by atoms with Gasteiger partial charge in [-0.25, -0.2) is 4.57 Å². The van der Waals surface area contributed by atoms with Crippen LogP contribution in [-0.2, 0) is 9.09 Å². The van der Waals surface area contributed by atoms with Crippen molar-refractivity contribution in [1.82, 2.24) is 0 Å². The van der Waals surface area contributed by atoms with Crippen LogP contribution in [0.15, 0.2) is 12.1 Å². The molecule has 0 amide bonds. The molecule has 0 fully saturated rings. The Bertz CT molecular complexity index is 480. The zero-order valence-corrected chi connectivity index (χ0v) is 11.5.